The molecule has 3 nitrogen and oxygen atoms in total. The van der Waals surface area contributed by atoms with E-state index in [1.165, 1.54) is 0 Å². The molecule has 0 spiro atoms. The van der Waals surface area contributed by atoms with Gasteiger partial charge < -0.3 is 15.6 Å². The summed E-state index contributed by atoms with van der Waals surface area (Å²) in [6, 6.07) is 6.52. The van der Waals surface area contributed by atoms with Gasteiger partial charge in [-0.05, 0) is 17.7 Å². The van der Waals surface area contributed by atoms with Crippen LogP contribution >= 0.6 is 0 Å². The van der Waals surface area contributed by atoms with E-state index in [2.05, 4.69) is 4.74 Å². The third kappa shape index (κ3) is 4.22. The van der Waals surface area contributed by atoms with Crippen LogP contribution in [0.1, 0.15) is 11.7 Å². The van der Waals surface area contributed by atoms with Gasteiger partial charge in [0.1, 0.15) is 12.7 Å². The lowest BCUT2D eigenvalue weighted by molar-refractivity contribution is -0.0204. The van der Waals surface area contributed by atoms with E-state index in [4.69, 9.17) is 5.73 Å². The van der Waals surface area contributed by atoms with Crippen molar-refractivity contribution in [3.63, 3.8) is 0 Å². The van der Waals surface area contributed by atoms with Gasteiger partial charge in [0.25, 0.3) is 6.43 Å². The smallest absolute Gasteiger partial charge is 0.261 e. The predicted molar refractivity (Wildman–Crippen MR) is 52.6 cm³/mol. The van der Waals surface area contributed by atoms with Gasteiger partial charge in [0.05, 0.1) is 6.61 Å². The molecule has 0 heterocycles. The van der Waals surface area contributed by atoms with Crippen LogP contribution in [0.25, 0.3) is 0 Å². The second-order valence-electron chi connectivity index (χ2n) is 3.11. The molecule has 1 aromatic carbocycles. The molecule has 0 radical (unpaired) electrons. The molecule has 1 rings (SSSR count). The van der Waals surface area contributed by atoms with Crippen molar-refractivity contribution < 1.29 is 18.6 Å². The molecule has 0 fully saturated rings. The lowest BCUT2D eigenvalue weighted by Gasteiger charge is -2.11. The number of hydrogen-bond donors (Lipinski definition) is 2. The zero-order valence-corrected chi connectivity index (χ0v) is 8.07. The van der Waals surface area contributed by atoms with E-state index in [0.717, 1.165) is 0 Å². The number of ether oxygens (including phenoxy) is 1. The Kier molecular flexibility index (Phi) is 4.45. The normalized spacial score (nSPS) is 13.1. The summed E-state index contributed by atoms with van der Waals surface area (Å²) in [5, 5.41) is 9.51. The maximum Gasteiger partial charge on any atom is 0.261 e. The lowest BCUT2D eigenvalue weighted by Crippen LogP contribution is -2.11. The molecule has 0 aliphatic heterocycles. The Balaban J connectivity index is 2.40. The van der Waals surface area contributed by atoms with Crippen molar-refractivity contribution >= 4 is 5.69 Å². The van der Waals surface area contributed by atoms with Crippen LogP contribution in [0.5, 0.6) is 0 Å². The van der Waals surface area contributed by atoms with Gasteiger partial charge in [-0.25, -0.2) is 8.78 Å². The summed E-state index contributed by atoms with van der Waals surface area (Å²) >= 11 is 0. The van der Waals surface area contributed by atoms with Crippen molar-refractivity contribution in [1.29, 1.82) is 0 Å². The first-order valence-corrected chi connectivity index (χ1v) is 4.49. The maximum absolute atomic E-state index is 11.7. The van der Waals surface area contributed by atoms with Crippen LogP contribution in [-0.4, -0.2) is 24.7 Å². The van der Waals surface area contributed by atoms with Gasteiger partial charge in [-0.3, -0.25) is 0 Å². The summed E-state index contributed by atoms with van der Waals surface area (Å²) in [6.45, 7) is -0.805. The summed E-state index contributed by atoms with van der Waals surface area (Å²) in [7, 11) is 0. The van der Waals surface area contributed by atoms with Crippen molar-refractivity contribution in [1.82, 2.24) is 0 Å². The van der Waals surface area contributed by atoms with Gasteiger partial charge in [-0.2, -0.15) is 0 Å². The number of aliphatic hydroxyl groups excluding tert-OH is 1. The summed E-state index contributed by atoms with van der Waals surface area (Å²) in [6.07, 6.45) is -3.41. The second kappa shape index (κ2) is 5.63. The van der Waals surface area contributed by atoms with Gasteiger partial charge in [0, 0.05) is 5.69 Å². The predicted octanol–water partition coefficient (Wildman–Crippen LogP) is 1.58. The Hall–Kier alpha value is -1.20. The first-order chi connectivity index (χ1) is 7.09. The van der Waals surface area contributed by atoms with E-state index in [1.807, 2.05) is 0 Å². The zero-order chi connectivity index (χ0) is 11.3. The highest BCUT2D eigenvalue weighted by atomic mass is 19.3. The van der Waals surface area contributed by atoms with E-state index in [9.17, 15) is 13.9 Å². The molecular formula is C10H13F2NO2. The minimum absolute atomic E-state index is 0.145. The van der Waals surface area contributed by atoms with Crippen molar-refractivity contribution in [2.45, 2.75) is 12.5 Å². The lowest BCUT2D eigenvalue weighted by atomic mass is 10.1. The topological polar surface area (TPSA) is 55.5 Å². The fourth-order valence-corrected chi connectivity index (χ4v) is 1.08. The molecule has 5 heteroatoms. The van der Waals surface area contributed by atoms with Gasteiger partial charge in [0.15, 0.2) is 0 Å². The molecule has 0 saturated carbocycles. The molecule has 0 saturated heterocycles. The zero-order valence-electron chi connectivity index (χ0n) is 8.07. The van der Waals surface area contributed by atoms with Crippen molar-refractivity contribution in [3.8, 4) is 0 Å². The number of nitrogen functional groups attached to an aromatic ring is 1. The number of aliphatic hydroxyl groups is 1. The standard InChI is InChI=1S/C10H13F2NO2/c11-10(12)6-15-5-9(14)7-1-3-8(13)4-2-7/h1-4,9-10,14H,5-6,13H2. The van der Waals surface area contributed by atoms with E-state index in [-0.39, 0.29) is 6.61 Å². The van der Waals surface area contributed by atoms with Crippen LogP contribution in [0, 0.1) is 0 Å². The first-order valence-electron chi connectivity index (χ1n) is 4.49. The van der Waals surface area contributed by atoms with E-state index in [0.29, 0.717) is 11.3 Å². The molecule has 0 aliphatic rings. The number of alkyl halides is 2. The molecule has 15 heavy (non-hydrogen) atoms. The molecule has 0 aromatic heterocycles. The highest BCUT2D eigenvalue weighted by molar-refractivity contribution is 5.39. The summed E-state index contributed by atoms with van der Waals surface area (Å²) < 4.78 is 28.0. The van der Waals surface area contributed by atoms with Gasteiger partial charge in [0.2, 0.25) is 0 Å². The molecule has 1 aromatic rings. The fourth-order valence-electron chi connectivity index (χ4n) is 1.08. The summed E-state index contributed by atoms with van der Waals surface area (Å²) in [4.78, 5) is 0. The molecule has 0 amide bonds. The molecule has 1 unspecified atom stereocenters. The summed E-state index contributed by atoms with van der Waals surface area (Å²) in [5.41, 5.74) is 6.63. The number of anilines is 1. The Bertz CT molecular complexity index is 290. The largest absolute Gasteiger partial charge is 0.399 e. The second-order valence-corrected chi connectivity index (χ2v) is 3.11. The molecule has 0 bridgehead atoms. The Morgan fingerprint density at radius 3 is 2.33 bits per heavy atom. The molecule has 3 N–H and O–H groups in total. The van der Waals surface area contributed by atoms with Crippen molar-refractivity contribution in [3.05, 3.63) is 29.8 Å². The number of rotatable bonds is 5. The first kappa shape index (κ1) is 11.9. The van der Waals surface area contributed by atoms with Gasteiger partial charge in [-0.1, -0.05) is 12.1 Å². The number of benzene rings is 1. The number of nitrogens with two attached hydrogens (primary N) is 1. The molecule has 84 valence electrons. The van der Waals surface area contributed by atoms with E-state index >= 15 is 0 Å². The highest BCUT2D eigenvalue weighted by Gasteiger charge is 2.09. The SMILES string of the molecule is Nc1ccc(C(O)COCC(F)F)cc1. The Labute approximate surface area is 86.5 Å². The van der Waals surface area contributed by atoms with Crippen LogP contribution in [0.3, 0.4) is 0 Å². The minimum Gasteiger partial charge on any atom is -0.399 e. The molecule has 1 atom stereocenters. The van der Waals surface area contributed by atoms with Crippen LogP contribution in [0.4, 0.5) is 14.5 Å². The van der Waals surface area contributed by atoms with Crippen molar-refractivity contribution in [2.75, 3.05) is 18.9 Å². The van der Waals surface area contributed by atoms with Crippen LogP contribution in [-0.2, 0) is 4.74 Å². The van der Waals surface area contributed by atoms with Crippen LogP contribution < -0.4 is 5.73 Å². The van der Waals surface area contributed by atoms with Gasteiger partial charge in [-0.15, -0.1) is 0 Å². The van der Waals surface area contributed by atoms with E-state index < -0.39 is 19.1 Å². The molecular weight excluding hydrogens is 204 g/mol. The highest BCUT2D eigenvalue weighted by Crippen LogP contribution is 2.15. The third-order valence-corrected chi connectivity index (χ3v) is 1.84. The Morgan fingerprint density at radius 1 is 1.20 bits per heavy atom. The monoisotopic (exact) mass is 217 g/mol. The number of halogens is 2. The quantitative estimate of drug-likeness (QED) is 0.736. The van der Waals surface area contributed by atoms with Crippen LogP contribution in [0.15, 0.2) is 24.3 Å². The Morgan fingerprint density at radius 2 is 1.80 bits per heavy atom. The molecule has 0 aliphatic carbocycles. The van der Waals surface area contributed by atoms with Crippen molar-refractivity contribution in [2.24, 2.45) is 0 Å². The third-order valence-electron chi connectivity index (χ3n) is 1.84. The van der Waals surface area contributed by atoms with Crippen LogP contribution in [0.2, 0.25) is 0 Å². The summed E-state index contributed by atoms with van der Waals surface area (Å²) in [5.74, 6) is 0. The number of hydrogen-bond acceptors (Lipinski definition) is 3. The minimum atomic E-state index is -2.51. The fraction of sp³-hybridized carbons (Fsp3) is 0.400. The van der Waals surface area contributed by atoms with E-state index in [1.54, 1.807) is 24.3 Å². The average Bonchev–Trinajstić information content (AvgIpc) is 2.18. The van der Waals surface area contributed by atoms with Gasteiger partial charge >= 0.3 is 0 Å². The average molecular weight is 217 g/mol. The maximum atomic E-state index is 11.7.